The van der Waals surface area contributed by atoms with Gasteiger partial charge in [-0.15, -0.1) is 0 Å². The summed E-state index contributed by atoms with van der Waals surface area (Å²) < 4.78 is 11.5. The Labute approximate surface area is 276 Å². The normalized spacial score (nSPS) is 12.5. The van der Waals surface area contributed by atoms with Crippen LogP contribution in [0.4, 0.5) is 0 Å². The van der Waals surface area contributed by atoms with Crippen molar-refractivity contribution in [3.8, 4) is 11.1 Å². The predicted octanol–water partition coefficient (Wildman–Crippen LogP) is 9.58. The minimum Gasteiger partial charge on any atom is -0.455 e. The number of rotatable bonds is 8. The van der Waals surface area contributed by atoms with Crippen LogP contribution in [0.2, 0.25) is 0 Å². The zero-order valence-corrected chi connectivity index (χ0v) is 30.3. The molecule has 2 aromatic rings. The molecule has 2 aliphatic carbocycles. The maximum Gasteiger partial charge on any atom is 0.355 e. The molecule has 248 valence electrons. The van der Waals surface area contributed by atoms with Crippen LogP contribution >= 0.6 is 0 Å². The fourth-order valence-electron chi connectivity index (χ4n) is 6.40. The van der Waals surface area contributed by atoms with Crippen LogP contribution in [-0.2, 0) is 40.6 Å². The van der Waals surface area contributed by atoms with Crippen LogP contribution in [0.1, 0.15) is 147 Å². The van der Waals surface area contributed by atoms with E-state index in [2.05, 4.69) is 74.9 Å². The molecule has 0 unspecified atom stereocenters. The lowest BCUT2D eigenvalue weighted by atomic mass is 9.88. The van der Waals surface area contributed by atoms with Gasteiger partial charge in [0.15, 0.2) is 0 Å². The highest BCUT2D eigenvalue weighted by atomic mass is 16.6. The van der Waals surface area contributed by atoms with Crippen LogP contribution in [-0.4, -0.2) is 33.1 Å². The van der Waals surface area contributed by atoms with E-state index in [4.69, 9.17) is 9.47 Å². The number of hydrogen-bond donors (Lipinski definition) is 2. The van der Waals surface area contributed by atoms with Gasteiger partial charge in [0.1, 0.15) is 22.6 Å². The van der Waals surface area contributed by atoms with Crippen molar-refractivity contribution in [2.75, 3.05) is 0 Å². The summed E-state index contributed by atoms with van der Waals surface area (Å²) in [5.74, 6) is -0.648. The van der Waals surface area contributed by atoms with E-state index in [1.165, 1.54) is 27.8 Å². The van der Waals surface area contributed by atoms with Gasteiger partial charge in [0.25, 0.3) is 0 Å². The summed E-state index contributed by atoms with van der Waals surface area (Å²) in [6, 6.07) is 11.3. The minimum absolute atomic E-state index is 0.000666. The average Bonchev–Trinajstić information content (AvgIpc) is 3.43. The molecule has 2 aliphatic rings. The van der Waals surface area contributed by atoms with E-state index >= 15 is 0 Å². The number of aromatic amines is 2. The second-order valence-corrected chi connectivity index (χ2v) is 15.6. The van der Waals surface area contributed by atoms with E-state index in [1.54, 1.807) is 0 Å². The van der Waals surface area contributed by atoms with Crippen LogP contribution in [0, 0.1) is 13.8 Å². The van der Waals surface area contributed by atoms with E-state index in [9.17, 15) is 9.59 Å². The highest BCUT2D eigenvalue weighted by Gasteiger charge is 2.27. The smallest absolute Gasteiger partial charge is 0.355 e. The van der Waals surface area contributed by atoms with Crippen molar-refractivity contribution in [2.24, 2.45) is 0 Å². The van der Waals surface area contributed by atoms with Crippen molar-refractivity contribution in [1.82, 2.24) is 9.97 Å². The van der Waals surface area contributed by atoms with Crippen molar-refractivity contribution >= 4 is 11.9 Å². The molecular formula is C40H54N2O4. The Hall–Kier alpha value is -3.80. The summed E-state index contributed by atoms with van der Waals surface area (Å²) in [5.41, 5.74) is 12.2. The molecule has 0 saturated carbocycles. The van der Waals surface area contributed by atoms with Gasteiger partial charge >= 0.3 is 11.9 Å². The average molecular weight is 627 g/mol. The molecule has 2 N–H and O–H groups in total. The SMILES string of the molecule is CCc1c(Cc2cc(Cc3[nH]c(C(=O)OC(C)(C)C)c(C)c3CC)c3ccc(C(C)(C)C)ccc2-3)[nH]c(C(=O)OC(C)(C)C)c1C. The molecule has 6 nitrogen and oxygen atoms in total. The lowest BCUT2D eigenvalue weighted by Gasteiger charge is -2.19. The third kappa shape index (κ3) is 7.59. The van der Waals surface area contributed by atoms with Crippen LogP contribution in [0.25, 0.3) is 11.1 Å². The lowest BCUT2D eigenvalue weighted by molar-refractivity contribution is 0.00501. The third-order valence-corrected chi connectivity index (χ3v) is 8.64. The number of carbonyl (C=O) groups is 2. The Kier molecular flexibility index (Phi) is 9.74. The van der Waals surface area contributed by atoms with E-state index in [0.29, 0.717) is 24.2 Å². The van der Waals surface area contributed by atoms with Crippen LogP contribution in [0.15, 0.2) is 30.3 Å². The van der Waals surface area contributed by atoms with E-state index in [0.717, 1.165) is 46.5 Å². The molecule has 0 radical (unpaired) electrons. The fraction of sp³-hybridized carbons (Fsp3) is 0.500. The van der Waals surface area contributed by atoms with Gasteiger partial charge in [0.05, 0.1) is 0 Å². The summed E-state index contributed by atoms with van der Waals surface area (Å²) in [6.45, 7) is 26.3. The van der Waals surface area contributed by atoms with Crippen molar-refractivity contribution < 1.29 is 19.1 Å². The van der Waals surface area contributed by atoms with E-state index in [1.807, 2.05) is 55.4 Å². The largest absolute Gasteiger partial charge is 0.455 e. The second kappa shape index (κ2) is 12.8. The summed E-state index contributed by atoms with van der Waals surface area (Å²) in [6.07, 6.45) is 2.93. The van der Waals surface area contributed by atoms with Crippen molar-refractivity contribution in [3.63, 3.8) is 0 Å². The number of ether oxygens (including phenoxy) is 2. The number of esters is 2. The van der Waals surface area contributed by atoms with Gasteiger partial charge in [0, 0.05) is 24.2 Å². The molecule has 4 rings (SSSR count). The molecular weight excluding hydrogens is 572 g/mol. The van der Waals surface area contributed by atoms with Crippen LogP contribution in [0.5, 0.6) is 0 Å². The molecule has 6 heteroatoms. The first-order chi connectivity index (χ1) is 21.2. The Morgan fingerprint density at radius 2 is 1.00 bits per heavy atom. The lowest BCUT2D eigenvalue weighted by Crippen LogP contribution is -2.24. The highest BCUT2D eigenvalue weighted by Crippen LogP contribution is 2.38. The van der Waals surface area contributed by atoms with Crippen molar-refractivity contribution in [2.45, 2.75) is 132 Å². The predicted molar refractivity (Wildman–Crippen MR) is 188 cm³/mol. The van der Waals surface area contributed by atoms with Gasteiger partial charge in [0.2, 0.25) is 0 Å². The Bertz CT molecular complexity index is 1600. The number of hydrogen-bond acceptors (Lipinski definition) is 4. The van der Waals surface area contributed by atoms with E-state index < -0.39 is 11.2 Å². The van der Waals surface area contributed by atoms with Crippen LogP contribution in [0.3, 0.4) is 0 Å². The zero-order valence-electron chi connectivity index (χ0n) is 30.3. The highest BCUT2D eigenvalue weighted by molar-refractivity contribution is 5.91. The number of fused-ring (bicyclic) bond motifs is 1. The molecule has 2 aromatic heterocycles. The maximum atomic E-state index is 13.1. The van der Waals surface area contributed by atoms with Gasteiger partial charge in [-0.3, -0.25) is 0 Å². The van der Waals surface area contributed by atoms with Gasteiger partial charge in [-0.25, -0.2) is 9.59 Å². The Morgan fingerprint density at radius 1 is 0.630 bits per heavy atom. The minimum atomic E-state index is -0.575. The van der Waals surface area contributed by atoms with Gasteiger partial charge in [-0.2, -0.15) is 0 Å². The standard InChI is InChI=1S/C40H54N2O4/c1-14-28-23(3)34(36(43)45-39(8,9)10)41-32(28)21-25-20-26(31-19-17-27(38(5,6)7)16-18-30(25)31)22-33-29(15-2)24(4)35(42-33)37(44)46-40(11,12)13/h16-20,41-42H,14-15,21-22H2,1-13H3. The molecule has 46 heavy (non-hydrogen) atoms. The topological polar surface area (TPSA) is 84.2 Å². The summed E-state index contributed by atoms with van der Waals surface area (Å²) in [7, 11) is 0. The Balaban J connectivity index is 1.83. The third-order valence-electron chi connectivity index (χ3n) is 8.64. The quantitative estimate of drug-likeness (QED) is 0.191. The molecule has 0 aromatic carbocycles. The molecule has 0 atom stereocenters. The number of carbonyl (C=O) groups excluding carboxylic acids is 2. The molecule has 0 fully saturated rings. The molecule has 2 heterocycles. The molecule has 0 aliphatic heterocycles. The van der Waals surface area contributed by atoms with Gasteiger partial charge in [-0.1, -0.05) is 65.0 Å². The number of H-pyrrole nitrogens is 2. The first-order valence-electron chi connectivity index (χ1n) is 16.7. The van der Waals surface area contributed by atoms with E-state index in [-0.39, 0.29) is 17.4 Å². The molecule has 0 amide bonds. The molecule has 0 spiro atoms. The monoisotopic (exact) mass is 626 g/mol. The van der Waals surface area contributed by atoms with Gasteiger partial charge < -0.3 is 19.4 Å². The second-order valence-electron chi connectivity index (χ2n) is 15.6. The maximum absolute atomic E-state index is 13.1. The van der Waals surface area contributed by atoms with Gasteiger partial charge in [-0.05, 0) is 124 Å². The number of aromatic nitrogens is 2. The summed E-state index contributed by atoms with van der Waals surface area (Å²) in [4.78, 5) is 33.2. The summed E-state index contributed by atoms with van der Waals surface area (Å²) >= 11 is 0. The first kappa shape index (κ1) is 35.1. The fourth-order valence-corrected chi connectivity index (χ4v) is 6.40. The Morgan fingerprint density at radius 3 is 1.30 bits per heavy atom. The van der Waals surface area contributed by atoms with Crippen molar-refractivity contribution in [3.05, 3.63) is 92.1 Å². The zero-order chi connectivity index (χ0) is 34.4. The summed E-state index contributed by atoms with van der Waals surface area (Å²) in [5, 5.41) is 0. The molecule has 0 saturated heterocycles. The number of nitrogens with one attached hydrogen (secondary N) is 2. The first-order valence-corrected chi connectivity index (χ1v) is 16.7. The molecule has 0 bridgehead atoms. The van der Waals surface area contributed by atoms with Crippen LogP contribution < -0.4 is 0 Å². The van der Waals surface area contributed by atoms with Crippen molar-refractivity contribution in [1.29, 1.82) is 0 Å².